The number of para-hydroxylation sites is 1. The number of rotatable bonds is 5. The fourth-order valence-electron chi connectivity index (χ4n) is 2.80. The van der Waals surface area contributed by atoms with Crippen molar-refractivity contribution in [1.82, 2.24) is 10.3 Å². The minimum absolute atomic E-state index is 0.0765. The lowest BCUT2D eigenvalue weighted by molar-refractivity contribution is -0.123. The molecule has 1 aromatic heterocycles. The number of carbonyl (C=O) groups is 2. The van der Waals surface area contributed by atoms with Crippen LogP contribution in [0.15, 0.2) is 54.7 Å². The molecule has 3 rings (SSSR count). The molecule has 0 atom stereocenters. The van der Waals surface area contributed by atoms with Gasteiger partial charge in [0.05, 0.1) is 24.2 Å². The summed E-state index contributed by atoms with van der Waals surface area (Å²) in [5, 5.41) is 6.43. The van der Waals surface area contributed by atoms with E-state index in [9.17, 15) is 9.59 Å². The Hall–Kier alpha value is -3.21. The van der Waals surface area contributed by atoms with Crippen LogP contribution in [0.1, 0.15) is 16.7 Å². The normalized spacial score (nSPS) is 10.5. The van der Waals surface area contributed by atoms with Crippen LogP contribution < -0.4 is 10.6 Å². The third-order valence-corrected chi connectivity index (χ3v) is 4.21. The number of anilines is 1. The molecule has 0 saturated carbocycles. The van der Waals surface area contributed by atoms with Gasteiger partial charge < -0.3 is 10.6 Å². The van der Waals surface area contributed by atoms with Crippen LogP contribution in [0.4, 0.5) is 5.69 Å². The lowest BCUT2D eigenvalue weighted by Crippen LogP contribution is -2.34. The van der Waals surface area contributed by atoms with Gasteiger partial charge >= 0.3 is 0 Å². The molecule has 0 unspecified atom stereocenters. The Balaban J connectivity index is 1.58. The van der Waals surface area contributed by atoms with Gasteiger partial charge in [0.15, 0.2) is 0 Å². The molecule has 1 heterocycles. The number of amides is 2. The van der Waals surface area contributed by atoms with Crippen molar-refractivity contribution in [3.63, 3.8) is 0 Å². The number of aryl methyl sites for hydroxylation is 2. The van der Waals surface area contributed by atoms with Crippen LogP contribution in [0.2, 0.25) is 0 Å². The first kappa shape index (κ1) is 17.6. The minimum Gasteiger partial charge on any atom is -0.347 e. The van der Waals surface area contributed by atoms with E-state index in [1.165, 1.54) is 0 Å². The summed E-state index contributed by atoms with van der Waals surface area (Å²) in [5.74, 6) is -0.456. The van der Waals surface area contributed by atoms with Gasteiger partial charge in [-0.3, -0.25) is 14.6 Å². The number of nitrogens with one attached hydrogen (secondary N) is 2. The van der Waals surface area contributed by atoms with Crippen molar-refractivity contribution in [1.29, 1.82) is 0 Å². The Morgan fingerprint density at radius 1 is 1.00 bits per heavy atom. The van der Waals surface area contributed by atoms with Crippen LogP contribution in [0, 0.1) is 13.8 Å². The third-order valence-electron chi connectivity index (χ3n) is 4.21. The van der Waals surface area contributed by atoms with Crippen LogP contribution in [-0.4, -0.2) is 23.3 Å². The molecule has 5 heteroatoms. The molecule has 0 aliphatic heterocycles. The molecule has 0 fully saturated rings. The summed E-state index contributed by atoms with van der Waals surface area (Å²) in [6.45, 7) is 3.89. The average molecular weight is 347 g/mol. The zero-order valence-electron chi connectivity index (χ0n) is 14.9. The third kappa shape index (κ3) is 4.25. The molecule has 26 heavy (non-hydrogen) atoms. The number of aromatic nitrogens is 1. The summed E-state index contributed by atoms with van der Waals surface area (Å²) in [6, 6.07) is 15.4. The highest BCUT2D eigenvalue weighted by atomic mass is 16.2. The minimum atomic E-state index is -0.280. The number of hydrogen-bond acceptors (Lipinski definition) is 3. The zero-order chi connectivity index (χ0) is 18.5. The molecule has 0 bridgehead atoms. The lowest BCUT2D eigenvalue weighted by atomic mass is 10.0. The summed E-state index contributed by atoms with van der Waals surface area (Å²) in [7, 11) is 0. The van der Waals surface area contributed by atoms with E-state index in [0.29, 0.717) is 5.69 Å². The Bertz CT molecular complexity index is 961. The van der Waals surface area contributed by atoms with E-state index in [4.69, 9.17) is 0 Å². The van der Waals surface area contributed by atoms with Gasteiger partial charge in [0.1, 0.15) is 0 Å². The standard InChI is InChI=1S/C21H21N3O2/c1-14-8-9-15(2)17(11-14)12-19(25)23-13-20(26)24-18-7-3-5-16-6-4-10-22-21(16)18/h3-11H,12-13H2,1-2H3,(H,23,25)(H,24,26). The number of carbonyl (C=O) groups excluding carboxylic acids is 2. The number of pyridine rings is 1. The van der Waals surface area contributed by atoms with Crippen LogP contribution in [-0.2, 0) is 16.0 Å². The summed E-state index contributed by atoms with van der Waals surface area (Å²) in [4.78, 5) is 28.6. The maximum atomic E-state index is 12.2. The number of fused-ring (bicyclic) bond motifs is 1. The SMILES string of the molecule is Cc1ccc(C)c(CC(=O)NCC(=O)Nc2cccc3cccnc23)c1. The summed E-state index contributed by atoms with van der Waals surface area (Å²) in [6.07, 6.45) is 1.95. The number of hydrogen-bond donors (Lipinski definition) is 2. The fraction of sp³-hybridized carbons (Fsp3) is 0.190. The van der Waals surface area contributed by atoms with Crippen molar-refractivity contribution < 1.29 is 9.59 Å². The summed E-state index contributed by atoms with van der Waals surface area (Å²) >= 11 is 0. The average Bonchev–Trinajstić information content (AvgIpc) is 2.63. The van der Waals surface area contributed by atoms with Crippen molar-refractivity contribution in [3.8, 4) is 0 Å². The Labute approximate surface area is 152 Å². The van der Waals surface area contributed by atoms with Gasteiger partial charge in [0.2, 0.25) is 11.8 Å². The zero-order valence-corrected chi connectivity index (χ0v) is 14.9. The van der Waals surface area contributed by atoms with Crippen LogP contribution >= 0.6 is 0 Å². The van der Waals surface area contributed by atoms with Crippen LogP contribution in [0.25, 0.3) is 10.9 Å². The van der Waals surface area contributed by atoms with Gasteiger partial charge in [-0.25, -0.2) is 0 Å². The molecular weight excluding hydrogens is 326 g/mol. The van der Waals surface area contributed by atoms with Gasteiger partial charge in [-0.1, -0.05) is 42.0 Å². The topological polar surface area (TPSA) is 71.1 Å². The van der Waals surface area contributed by atoms with Crippen LogP contribution in [0.3, 0.4) is 0 Å². The molecule has 2 amide bonds. The molecule has 0 radical (unpaired) electrons. The number of benzene rings is 2. The molecule has 3 aromatic rings. The van der Waals surface area contributed by atoms with Crippen molar-refractivity contribution >= 4 is 28.4 Å². The largest absolute Gasteiger partial charge is 0.347 e. The Morgan fingerprint density at radius 2 is 1.81 bits per heavy atom. The lowest BCUT2D eigenvalue weighted by Gasteiger charge is -2.10. The van der Waals surface area contributed by atoms with Crippen molar-refractivity contribution in [2.24, 2.45) is 0 Å². The van der Waals surface area contributed by atoms with Crippen molar-refractivity contribution in [2.75, 3.05) is 11.9 Å². The predicted molar refractivity (Wildman–Crippen MR) is 103 cm³/mol. The summed E-state index contributed by atoms with van der Waals surface area (Å²) < 4.78 is 0. The highest BCUT2D eigenvalue weighted by Gasteiger charge is 2.10. The Kier molecular flexibility index (Phi) is 5.27. The van der Waals surface area contributed by atoms with E-state index in [2.05, 4.69) is 15.6 Å². The number of nitrogens with zero attached hydrogens (tertiary/aromatic N) is 1. The fourth-order valence-corrected chi connectivity index (χ4v) is 2.80. The van der Waals surface area contributed by atoms with Crippen LogP contribution in [0.5, 0.6) is 0 Å². The second kappa shape index (κ2) is 7.78. The Morgan fingerprint density at radius 3 is 2.65 bits per heavy atom. The molecule has 5 nitrogen and oxygen atoms in total. The maximum absolute atomic E-state index is 12.2. The van der Waals surface area contributed by atoms with E-state index >= 15 is 0 Å². The van der Waals surface area contributed by atoms with E-state index in [0.717, 1.165) is 27.6 Å². The van der Waals surface area contributed by atoms with E-state index < -0.39 is 0 Å². The van der Waals surface area contributed by atoms with Gasteiger partial charge in [-0.05, 0) is 37.1 Å². The molecule has 0 aliphatic rings. The first-order valence-corrected chi connectivity index (χ1v) is 8.49. The van der Waals surface area contributed by atoms with Gasteiger partial charge in [0, 0.05) is 11.6 Å². The molecule has 132 valence electrons. The smallest absolute Gasteiger partial charge is 0.243 e. The molecule has 0 aliphatic carbocycles. The maximum Gasteiger partial charge on any atom is 0.243 e. The van der Waals surface area contributed by atoms with E-state index in [1.54, 1.807) is 12.3 Å². The quantitative estimate of drug-likeness (QED) is 0.745. The molecule has 0 saturated heterocycles. The summed E-state index contributed by atoms with van der Waals surface area (Å²) in [5.41, 5.74) is 4.51. The second-order valence-electron chi connectivity index (χ2n) is 6.31. The van der Waals surface area contributed by atoms with Gasteiger partial charge in [-0.2, -0.15) is 0 Å². The predicted octanol–water partition coefficient (Wildman–Crippen LogP) is 3.15. The van der Waals surface area contributed by atoms with Gasteiger partial charge in [0.25, 0.3) is 0 Å². The van der Waals surface area contributed by atoms with Crippen molar-refractivity contribution in [2.45, 2.75) is 20.3 Å². The second-order valence-corrected chi connectivity index (χ2v) is 6.31. The molecular formula is C21H21N3O2. The molecule has 2 aromatic carbocycles. The van der Waals surface area contributed by atoms with Crippen molar-refractivity contribution in [3.05, 3.63) is 71.4 Å². The van der Waals surface area contributed by atoms with E-state index in [1.807, 2.05) is 56.3 Å². The van der Waals surface area contributed by atoms with E-state index in [-0.39, 0.29) is 24.8 Å². The highest BCUT2D eigenvalue weighted by molar-refractivity contribution is 6.01. The molecule has 0 spiro atoms. The first-order chi connectivity index (χ1) is 12.5. The first-order valence-electron chi connectivity index (χ1n) is 8.49. The molecule has 2 N–H and O–H groups in total. The monoisotopic (exact) mass is 347 g/mol. The van der Waals surface area contributed by atoms with Gasteiger partial charge in [-0.15, -0.1) is 0 Å². The highest BCUT2D eigenvalue weighted by Crippen LogP contribution is 2.20.